The van der Waals surface area contributed by atoms with Crippen molar-refractivity contribution in [1.82, 2.24) is 19.9 Å². The smallest absolute Gasteiger partial charge is 0.174 e. The van der Waals surface area contributed by atoms with E-state index in [4.69, 9.17) is 12.2 Å². The summed E-state index contributed by atoms with van der Waals surface area (Å²) in [6.45, 7) is 4.41. The maximum atomic E-state index is 5.86. The molecule has 4 aromatic rings. The standard InChI is InChI=1S/C26H25N5S/c1-18(2)19-8-10-21(11-9-19)31-25(24(29-26(31)32)22-6-3-4-14-28-22)23-7-5-17-30(23)20-12-15-27-16-13-20/h3-18,24-25H,1-2H3,(H,29,32)/t24-,25-/m1/s1. The van der Waals surface area contributed by atoms with Gasteiger partial charge in [-0.25, -0.2) is 0 Å². The Labute approximate surface area is 193 Å². The molecule has 1 aliphatic heterocycles. The van der Waals surface area contributed by atoms with Crippen LogP contribution < -0.4 is 10.2 Å². The predicted octanol–water partition coefficient (Wildman–Crippen LogP) is 5.57. The highest BCUT2D eigenvalue weighted by molar-refractivity contribution is 7.80. The number of nitrogens with one attached hydrogen (secondary N) is 1. The van der Waals surface area contributed by atoms with Gasteiger partial charge in [-0.2, -0.15) is 0 Å². The highest BCUT2D eigenvalue weighted by atomic mass is 32.1. The van der Waals surface area contributed by atoms with Crippen molar-refractivity contribution in [2.75, 3.05) is 4.90 Å². The van der Waals surface area contributed by atoms with Crippen molar-refractivity contribution in [3.8, 4) is 5.69 Å². The van der Waals surface area contributed by atoms with Crippen molar-refractivity contribution in [1.29, 1.82) is 0 Å². The highest BCUT2D eigenvalue weighted by Gasteiger charge is 2.42. The van der Waals surface area contributed by atoms with Crippen LogP contribution in [-0.2, 0) is 0 Å². The SMILES string of the molecule is CC(C)c1ccc(N2C(=S)N[C@H](c3ccccn3)[C@H]2c2cccn2-c2ccncc2)cc1. The van der Waals surface area contributed by atoms with Gasteiger partial charge in [0.2, 0.25) is 0 Å². The molecule has 0 spiro atoms. The molecule has 1 N–H and O–H groups in total. The molecule has 0 radical (unpaired) electrons. The van der Waals surface area contributed by atoms with E-state index in [-0.39, 0.29) is 12.1 Å². The Morgan fingerprint density at radius 2 is 1.66 bits per heavy atom. The van der Waals surface area contributed by atoms with Gasteiger partial charge in [0, 0.05) is 41.9 Å². The molecule has 2 atom stereocenters. The minimum absolute atomic E-state index is 0.0644. The molecule has 0 amide bonds. The van der Waals surface area contributed by atoms with Crippen molar-refractivity contribution < 1.29 is 0 Å². The maximum absolute atomic E-state index is 5.86. The Balaban J connectivity index is 1.64. The van der Waals surface area contributed by atoms with Crippen LogP contribution in [0.4, 0.5) is 5.69 Å². The third-order valence-corrected chi connectivity index (χ3v) is 6.27. The number of thiocarbonyl (C=S) groups is 1. The molecule has 1 fully saturated rings. The molecule has 0 saturated carbocycles. The van der Waals surface area contributed by atoms with Gasteiger partial charge < -0.3 is 14.8 Å². The second kappa shape index (κ2) is 8.55. The second-order valence-corrected chi connectivity index (χ2v) is 8.64. The monoisotopic (exact) mass is 439 g/mol. The zero-order valence-electron chi connectivity index (χ0n) is 18.1. The van der Waals surface area contributed by atoms with Crippen molar-refractivity contribution in [3.63, 3.8) is 0 Å². The fourth-order valence-electron chi connectivity index (χ4n) is 4.33. The van der Waals surface area contributed by atoms with Crippen LogP contribution in [0.2, 0.25) is 0 Å². The zero-order valence-corrected chi connectivity index (χ0v) is 18.9. The Hall–Kier alpha value is -3.51. The Morgan fingerprint density at radius 3 is 2.34 bits per heavy atom. The maximum Gasteiger partial charge on any atom is 0.174 e. The summed E-state index contributed by atoms with van der Waals surface area (Å²) in [4.78, 5) is 11.0. The van der Waals surface area contributed by atoms with Gasteiger partial charge in [0.25, 0.3) is 0 Å². The van der Waals surface area contributed by atoms with Gasteiger partial charge >= 0.3 is 0 Å². The van der Waals surface area contributed by atoms with Gasteiger partial charge in [-0.15, -0.1) is 0 Å². The van der Waals surface area contributed by atoms with Gasteiger partial charge in [0.05, 0.1) is 11.7 Å². The molecule has 4 heterocycles. The van der Waals surface area contributed by atoms with Gasteiger partial charge in [0.1, 0.15) is 6.04 Å². The molecular formula is C26H25N5S. The lowest BCUT2D eigenvalue weighted by molar-refractivity contribution is 0.549. The molecule has 5 nitrogen and oxygen atoms in total. The summed E-state index contributed by atoms with van der Waals surface area (Å²) in [7, 11) is 0. The number of benzene rings is 1. The molecule has 5 rings (SSSR count). The number of hydrogen-bond acceptors (Lipinski definition) is 3. The normalized spacial score (nSPS) is 18.2. The number of rotatable bonds is 5. The van der Waals surface area contributed by atoms with Gasteiger partial charge in [-0.3, -0.25) is 9.97 Å². The summed E-state index contributed by atoms with van der Waals surface area (Å²) in [6, 6.07) is 22.8. The molecule has 0 aliphatic carbocycles. The predicted molar refractivity (Wildman–Crippen MR) is 132 cm³/mol. The van der Waals surface area contributed by atoms with Crippen LogP contribution in [0.3, 0.4) is 0 Å². The summed E-state index contributed by atoms with van der Waals surface area (Å²) >= 11 is 5.86. The molecule has 6 heteroatoms. The number of anilines is 1. The number of pyridine rings is 2. The van der Waals surface area contributed by atoms with E-state index < -0.39 is 0 Å². The minimum atomic E-state index is -0.0797. The lowest BCUT2D eigenvalue weighted by atomic mass is 9.99. The molecule has 0 bridgehead atoms. The quantitative estimate of drug-likeness (QED) is 0.412. The fourth-order valence-corrected chi connectivity index (χ4v) is 4.67. The summed E-state index contributed by atoms with van der Waals surface area (Å²) in [5, 5.41) is 4.24. The molecule has 0 unspecified atom stereocenters. The highest BCUT2D eigenvalue weighted by Crippen LogP contribution is 2.42. The van der Waals surface area contributed by atoms with Crippen LogP contribution in [0.5, 0.6) is 0 Å². The number of hydrogen-bond donors (Lipinski definition) is 1. The molecule has 32 heavy (non-hydrogen) atoms. The molecule has 1 saturated heterocycles. The van der Waals surface area contributed by atoms with E-state index in [0.717, 1.165) is 22.8 Å². The van der Waals surface area contributed by atoms with E-state index in [2.05, 4.69) is 87.3 Å². The van der Waals surface area contributed by atoms with Crippen LogP contribution in [0.1, 0.15) is 48.8 Å². The van der Waals surface area contributed by atoms with Crippen molar-refractivity contribution in [3.05, 3.63) is 108 Å². The third kappa shape index (κ3) is 3.67. The van der Waals surface area contributed by atoms with E-state index in [9.17, 15) is 0 Å². The van der Waals surface area contributed by atoms with Gasteiger partial charge in [-0.05, 0) is 72.2 Å². The Kier molecular flexibility index (Phi) is 5.45. The van der Waals surface area contributed by atoms with Crippen molar-refractivity contribution in [2.24, 2.45) is 0 Å². The summed E-state index contributed by atoms with van der Waals surface area (Å²) < 4.78 is 2.20. The second-order valence-electron chi connectivity index (χ2n) is 8.25. The fraction of sp³-hybridized carbons (Fsp3) is 0.192. The molecule has 3 aromatic heterocycles. The first-order valence-electron chi connectivity index (χ1n) is 10.8. The molecule has 1 aromatic carbocycles. The van der Waals surface area contributed by atoms with Gasteiger partial charge in [-0.1, -0.05) is 32.0 Å². The summed E-state index contributed by atoms with van der Waals surface area (Å²) in [5.74, 6) is 0.480. The summed E-state index contributed by atoms with van der Waals surface area (Å²) in [6.07, 6.45) is 7.55. The minimum Gasteiger partial charge on any atom is -0.351 e. The lowest BCUT2D eigenvalue weighted by Crippen LogP contribution is -2.30. The number of aromatic nitrogens is 3. The van der Waals surface area contributed by atoms with E-state index in [1.165, 1.54) is 5.56 Å². The van der Waals surface area contributed by atoms with E-state index in [0.29, 0.717) is 11.0 Å². The summed E-state index contributed by atoms with van der Waals surface area (Å²) in [5.41, 5.74) is 5.53. The average Bonchev–Trinajstić information content (AvgIpc) is 3.44. The van der Waals surface area contributed by atoms with E-state index >= 15 is 0 Å². The van der Waals surface area contributed by atoms with Crippen LogP contribution >= 0.6 is 12.2 Å². The number of nitrogens with zero attached hydrogens (tertiary/aromatic N) is 4. The Bertz CT molecular complexity index is 1200. The van der Waals surface area contributed by atoms with Crippen molar-refractivity contribution in [2.45, 2.75) is 31.8 Å². The lowest BCUT2D eigenvalue weighted by Gasteiger charge is -2.29. The average molecular weight is 440 g/mol. The molecule has 1 aliphatic rings. The van der Waals surface area contributed by atoms with E-state index in [1.54, 1.807) is 0 Å². The third-order valence-electron chi connectivity index (χ3n) is 5.96. The first-order chi connectivity index (χ1) is 15.6. The van der Waals surface area contributed by atoms with Crippen molar-refractivity contribution >= 4 is 23.0 Å². The topological polar surface area (TPSA) is 46.0 Å². The van der Waals surface area contributed by atoms with Crippen LogP contribution in [0.15, 0.2) is 91.5 Å². The molecular weight excluding hydrogens is 414 g/mol. The van der Waals surface area contributed by atoms with Crippen LogP contribution in [0, 0.1) is 0 Å². The van der Waals surface area contributed by atoms with E-state index in [1.807, 2.05) is 42.9 Å². The van der Waals surface area contributed by atoms with Crippen LogP contribution in [-0.4, -0.2) is 19.6 Å². The molecule has 160 valence electrons. The first kappa shape index (κ1) is 20.4. The Morgan fingerprint density at radius 1 is 0.875 bits per heavy atom. The largest absolute Gasteiger partial charge is 0.351 e. The zero-order chi connectivity index (χ0) is 22.1. The van der Waals surface area contributed by atoms with Gasteiger partial charge in [0.15, 0.2) is 5.11 Å². The van der Waals surface area contributed by atoms with Crippen LogP contribution in [0.25, 0.3) is 5.69 Å². The first-order valence-corrected chi connectivity index (χ1v) is 11.2.